The third kappa shape index (κ3) is 2.81. The fourth-order valence-corrected chi connectivity index (χ4v) is 2.24. The van der Waals surface area contributed by atoms with Gasteiger partial charge in [0, 0.05) is 13.0 Å². The van der Waals surface area contributed by atoms with E-state index < -0.39 is 12.1 Å². The second-order valence-electron chi connectivity index (χ2n) is 6.10. The molecule has 1 aliphatic rings. The Morgan fingerprint density at radius 3 is 2.65 bits per heavy atom. The molecule has 1 aromatic heterocycles. The van der Waals surface area contributed by atoms with Crippen LogP contribution < -0.4 is 5.32 Å². The third-order valence-corrected chi connectivity index (χ3v) is 3.50. The van der Waals surface area contributed by atoms with Gasteiger partial charge < -0.3 is 14.7 Å². The molecule has 0 radical (unpaired) electrons. The summed E-state index contributed by atoms with van der Waals surface area (Å²) in [6, 6.07) is -0.988. The average Bonchev–Trinajstić information content (AvgIpc) is 2.85. The van der Waals surface area contributed by atoms with Crippen LogP contribution in [0.5, 0.6) is 0 Å². The number of aromatic nitrogens is 2. The van der Waals surface area contributed by atoms with Gasteiger partial charge in [0.2, 0.25) is 17.7 Å². The van der Waals surface area contributed by atoms with Gasteiger partial charge >= 0.3 is 0 Å². The molecule has 1 aromatic rings. The van der Waals surface area contributed by atoms with E-state index in [2.05, 4.69) is 15.5 Å². The van der Waals surface area contributed by atoms with E-state index in [4.69, 9.17) is 4.52 Å². The maximum Gasteiger partial charge on any atom is 0.246 e. The van der Waals surface area contributed by atoms with Crippen LogP contribution in [0.4, 0.5) is 0 Å². The summed E-state index contributed by atoms with van der Waals surface area (Å²) in [5.74, 6) is 0.266. The second kappa shape index (κ2) is 5.22. The quantitative estimate of drug-likeness (QED) is 0.864. The van der Waals surface area contributed by atoms with Crippen LogP contribution >= 0.6 is 0 Å². The maximum absolute atomic E-state index is 12.5. The van der Waals surface area contributed by atoms with E-state index in [0.717, 1.165) is 0 Å². The number of piperazine rings is 1. The van der Waals surface area contributed by atoms with Crippen LogP contribution in [0.2, 0.25) is 0 Å². The lowest BCUT2D eigenvalue weighted by molar-refractivity contribution is -0.151. The van der Waals surface area contributed by atoms with Gasteiger partial charge in [-0.15, -0.1) is 0 Å². The molecule has 2 heterocycles. The van der Waals surface area contributed by atoms with Gasteiger partial charge in [0.25, 0.3) is 0 Å². The van der Waals surface area contributed by atoms with Crippen molar-refractivity contribution >= 4 is 11.8 Å². The molecule has 0 aliphatic carbocycles. The minimum Gasteiger partial charge on any atom is -0.342 e. The largest absolute Gasteiger partial charge is 0.342 e. The SMILES string of the molecule is CC1C(=O)NC(C(C)(C)C)C(=O)N1CCc1ncno1. The van der Waals surface area contributed by atoms with Crippen LogP contribution in [0.1, 0.15) is 33.6 Å². The van der Waals surface area contributed by atoms with Gasteiger partial charge in [-0.1, -0.05) is 25.9 Å². The summed E-state index contributed by atoms with van der Waals surface area (Å²) in [4.78, 5) is 30.0. The first kappa shape index (κ1) is 14.5. The maximum atomic E-state index is 12.5. The van der Waals surface area contributed by atoms with Crippen molar-refractivity contribution < 1.29 is 14.1 Å². The molecule has 0 bridgehead atoms. The smallest absolute Gasteiger partial charge is 0.246 e. The molecule has 2 rings (SSSR count). The number of hydrogen-bond acceptors (Lipinski definition) is 5. The second-order valence-corrected chi connectivity index (χ2v) is 6.10. The van der Waals surface area contributed by atoms with Crippen LogP contribution in [0.15, 0.2) is 10.9 Å². The van der Waals surface area contributed by atoms with Crippen LogP contribution in [0.25, 0.3) is 0 Å². The van der Waals surface area contributed by atoms with Crippen molar-refractivity contribution in [1.29, 1.82) is 0 Å². The molecule has 1 fully saturated rings. The molecule has 20 heavy (non-hydrogen) atoms. The molecule has 0 aromatic carbocycles. The molecule has 110 valence electrons. The van der Waals surface area contributed by atoms with E-state index in [9.17, 15) is 9.59 Å². The number of carbonyl (C=O) groups is 2. The molecule has 1 N–H and O–H groups in total. The fourth-order valence-electron chi connectivity index (χ4n) is 2.24. The summed E-state index contributed by atoms with van der Waals surface area (Å²) in [5, 5.41) is 6.32. The Hall–Kier alpha value is -1.92. The Bertz CT molecular complexity index is 492. The molecular formula is C13H20N4O3. The standard InChI is InChI=1S/C13H20N4O3/c1-8-11(18)16-10(13(2,3)4)12(19)17(8)6-5-9-14-7-15-20-9/h7-8,10H,5-6H2,1-4H3,(H,16,18). The molecular weight excluding hydrogens is 260 g/mol. The lowest BCUT2D eigenvalue weighted by atomic mass is 9.84. The minimum absolute atomic E-state index is 0.0656. The average molecular weight is 280 g/mol. The molecule has 2 unspecified atom stereocenters. The number of amides is 2. The first-order valence-electron chi connectivity index (χ1n) is 6.67. The summed E-state index contributed by atoms with van der Waals surface area (Å²) >= 11 is 0. The molecule has 1 saturated heterocycles. The normalized spacial score (nSPS) is 23.9. The number of nitrogens with zero attached hydrogens (tertiary/aromatic N) is 3. The lowest BCUT2D eigenvalue weighted by Crippen LogP contribution is -2.66. The summed E-state index contributed by atoms with van der Waals surface area (Å²) < 4.78 is 4.92. The van der Waals surface area contributed by atoms with Crippen molar-refractivity contribution in [3.63, 3.8) is 0 Å². The van der Waals surface area contributed by atoms with E-state index >= 15 is 0 Å². The molecule has 7 heteroatoms. The van der Waals surface area contributed by atoms with Gasteiger partial charge in [-0.2, -0.15) is 4.98 Å². The third-order valence-electron chi connectivity index (χ3n) is 3.50. The molecule has 2 atom stereocenters. The minimum atomic E-state index is -0.506. The van der Waals surface area contributed by atoms with Crippen LogP contribution in [0.3, 0.4) is 0 Å². The first-order valence-corrected chi connectivity index (χ1v) is 6.67. The van der Waals surface area contributed by atoms with Gasteiger partial charge in [0.15, 0.2) is 6.33 Å². The molecule has 7 nitrogen and oxygen atoms in total. The van der Waals surface area contributed by atoms with Gasteiger partial charge in [0.1, 0.15) is 12.1 Å². The van der Waals surface area contributed by atoms with Crippen LogP contribution in [0, 0.1) is 5.41 Å². The van der Waals surface area contributed by atoms with Crippen molar-refractivity contribution in [2.75, 3.05) is 6.54 Å². The molecule has 0 spiro atoms. The van der Waals surface area contributed by atoms with E-state index in [-0.39, 0.29) is 17.2 Å². The monoisotopic (exact) mass is 280 g/mol. The Balaban J connectivity index is 2.12. The van der Waals surface area contributed by atoms with Crippen molar-refractivity contribution in [3.8, 4) is 0 Å². The van der Waals surface area contributed by atoms with Gasteiger partial charge in [0.05, 0.1) is 0 Å². The summed E-state index contributed by atoms with van der Waals surface area (Å²) in [6.45, 7) is 7.91. The highest BCUT2D eigenvalue weighted by molar-refractivity contribution is 5.97. The van der Waals surface area contributed by atoms with Gasteiger partial charge in [-0.25, -0.2) is 0 Å². The number of carbonyl (C=O) groups excluding carboxylic acids is 2. The van der Waals surface area contributed by atoms with E-state index in [1.54, 1.807) is 11.8 Å². The Morgan fingerprint density at radius 1 is 1.40 bits per heavy atom. The zero-order valence-electron chi connectivity index (χ0n) is 12.2. The predicted molar refractivity (Wildman–Crippen MR) is 70.6 cm³/mol. The molecule has 0 saturated carbocycles. The predicted octanol–water partition coefficient (Wildman–Crippen LogP) is 0.374. The number of nitrogens with one attached hydrogen (secondary N) is 1. The summed E-state index contributed by atoms with van der Waals surface area (Å²) in [6.07, 6.45) is 1.77. The van der Waals surface area contributed by atoms with Crippen molar-refractivity contribution in [1.82, 2.24) is 20.4 Å². The zero-order valence-corrected chi connectivity index (χ0v) is 12.2. The summed E-state index contributed by atoms with van der Waals surface area (Å²) in [5.41, 5.74) is -0.324. The van der Waals surface area contributed by atoms with Crippen LogP contribution in [-0.2, 0) is 16.0 Å². The number of hydrogen-bond donors (Lipinski definition) is 1. The van der Waals surface area contributed by atoms with E-state index in [1.165, 1.54) is 6.33 Å². The first-order chi connectivity index (χ1) is 9.30. The van der Waals surface area contributed by atoms with Crippen molar-refractivity contribution in [3.05, 3.63) is 12.2 Å². The fraction of sp³-hybridized carbons (Fsp3) is 0.692. The molecule has 2 amide bonds. The Kier molecular flexibility index (Phi) is 3.78. The summed E-state index contributed by atoms with van der Waals surface area (Å²) in [7, 11) is 0. The van der Waals surface area contributed by atoms with Crippen molar-refractivity contribution in [2.24, 2.45) is 5.41 Å². The van der Waals surface area contributed by atoms with E-state index in [0.29, 0.717) is 18.9 Å². The topological polar surface area (TPSA) is 88.3 Å². The van der Waals surface area contributed by atoms with E-state index in [1.807, 2.05) is 20.8 Å². The lowest BCUT2D eigenvalue weighted by Gasteiger charge is -2.42. The molecule has 1 aliphatic heterocycles. The highest BCUT2D eigenvalue weighted by Gasteiger charge is 2.43. The van der Waals surface area contributed by atoms with Crippen LogP contribution in [-0.4, -0.2) is 45.5 Å². The van der Waals surface area contributed by atoms with Gasteiger partial charge in [-0.3, -0.25) is 9.59 Å². The zero-order chi connectivity index (χ0) is 14.9. The Morgan fingerprint density at radius 2 is 2.10 bits per heavy atom. The number of rotatable bonds is 3. The Labute approximate surface area is 117 Å². The highest BCUT2D eigenvalue weighted by atomic mass is 16.5. The van der Waals surface area contributed by atoms with Crippen molar-refractivity contribution in [2.45, 2.75) is 46.2 Å². The van der Waals surface area contributed by atoms with Gasteiger partial charge in [-0.05, 0) is 12.3 Å². The highest BCUT2D eigenvalue weighted by Crippen LogP contribution is 2.25.